The zero-order valence-corrected chi connectivity index (χ0v) is 13.9. The predicted molar refractivity (Wildman–Crippen MR) is 87.5 cm³/mol. The van der Waals surface area contributed by atoms with Crippen LogP contribution in [0.4, 0.5) is 5.69 Å². The molecule has 2 rings (SSSR count). The van der Waals surface area contributed by atoms with Gasteiger partial charge in [-0.25, -0.2) is 4.79 Å². The van der Waals surface area contributed by atoms with Crippen molar-refractivity contribution in [2.75, 3.05) is 26.6 Å². The highest BCUT2D eigenvalue weighted by Crippen LogP contribution is 2.26. The van der Waals surface area contributed by atoms with Crippen molar-refractivity contribution in [3.8, 4) is 11.5 Å². The average Bonchev–Trinajstić information content (AvgIpc) is 3.02. The Balaban J connectivity index is 2.11. The molecule has 1 N–H and O–H groups in total. The average molecular weight is 335 g/mol. The van der Waals surface area contributed by atoms with Gasteiger partial charge in [0.25, 0.3) is 0 Å². The van der Waals surface area contributed by atoms with Crippen LogP contribution in [-0.2, 0) is 16.0 Å². The Morgan fingerprint density at radius 2 is 1.91 bits per heavy atom. The molecular formula is C16H17NO5S. The number of nitrogens with one attached hydrogen (secondary N) is 1. The second-order valence-electron chi connectivity index (χ2n) is 4.56. The van der Waals surface area contributed by atoms with Crippen LogP contribution >= 0.6 is 11.3 Å². The van der Waals surface area contributed by atoms with E-state index in [0.29, 0.717) is 22.1 Å². The van der Waals surface area contributed by atoms with E-state index >= 15 is 0 Å². The van der Waals surface area contributed by atoms with Crippen molar-refractivity contribution in [2.24, 2.45) is 0 Å². The Labute approximate surface area is 138 Å². The maximum Gasteiger partial charge on any atom is 0.350 e. The molecule has 0 unspecified atom stereocenters. The van der Waals surface area contributed by atoms with Crippen molar-refractivity contribution in [3.05, 3.63) is 40.1 Å². The van der Waals surface area contributed by atoms with E-state index in [4.69, 9.17) is 9.47 Å². The largest absolute Gasteiger partial charge is 0.497 e. The molecule has 7 heteroatoms. The second kappa shape index (κ2) is 7.64. The van der Waals surface area contributed by atoms with E-state index in [-0.39, 0.29) is 12.3 Å². The SMILES string of the molecule is COC(=O)c1sccc1NC(=O)Cc1ccc(OC)cc1OC. The summed E-state index contributed by atoms with van der Waals surface area (Å²) >= 11 is 1.21. The standard InChI is InChI=1S/C16H17NO5S/c1-20-11-5-4-10(13(9-11)21-2)8-14(18)17-12-6-7-23-15(12)16(19)22-3/h4-7,9H,8H2,1-3H3,(H,17,18). The summed E-state index contributed by atoms with van der Waals surface area (Å²) in [6, 6.07) is 6.91. The summed E-state index contributed by atoms with van der Waals surface area (Å²) < 4.78 is 15.1. The lowest BCUT2D eigenvalue weighted by molar-refractivity contribution is -0.115. The number of anilines is 1. The monoisotopic (exact) mass is 335 g/mol. The molecule has 2 aromatic rings. The van der Waals surface area contributed by atoms with Gasteiger partial charge in [-0.05, 0) is 17.5 Å². The number of hydrogen-bond donors (Lipinski definition) is 1. The summed E-state index contributed by atoms with van der Waals surface area (Å²) in [4.78, 5) is 24.2. The summed E-state index contributed by atoms with van der Waals surface area (Å²) in [7, 11) is 4.40. The van der Waals surface area contributed by atoms with Gasteiger partial charge in [-0.3, -0.25) is 4.79 Å². The van der Waals surface area contributed by atoms with Crippen LogP contribution in [0.2, 0.25) is 0 Å². The van der Waals surface area contributed by atoms with Gasteiger partial charge in [0.2, 0.25) is 5.91 Å². The minimum atomic E-state index is -0.475. The number of hydrogen-bond acceptors (Lipinski definition) is 6. The molecule has 1 aromatic carbocycles. The molecule has 0 aliphatic heterocycles. The van der Waals surface area contributed by atoms with Crippen LogP contribution < -0.4 is 14.8 Å². The molecule has 1 heterocycles. The third-order valence-electron chi connectivity index (χ3n) is 3.16. The van der Waals surface area contributed by atoms with Gasteiger partial charge in [-0.2, -0.15) is 0 Å². The highest BCUT2D eigenvalue weighted by Gasteiger charge is 2.16. The number of thiophene rings is 1. The maximum atomic E-state index is 12.2. The number of rotatable bonds is 6. The van der Waals surface area contributed by atoms with Gasteiger partial charge in [0, 0.05) is 11.6 Å². The summed E-state index contributed by atoms with van der Waals surface area (Å²) in [5.41, 5.74) is 1.17. The van der Waals surface area contributed by atoms with Crippen LogP contribution in [0.1, 0.15) is 15.2 Å². The van der Waals surface area contributed by atoms with Gasteiger partial charge in [0.05, 0.1) is 33.4 Å². The second-order valence-corrected chi connectivity index (χ2v) is 5.47. The zero-order valence-electron chi connectivity index (χ0n) is 13.0. The van der Waals surface area contributed by atoms with Gasteiger partial charge in [0.15, 0.2) is 0 Å². The van der Waals surface area contributed by atoms with Crippen molar-refractivity contribution < 1.29 is 23.8 Å². The number of benzene rings is 1. The van der Waals surface area contributed by atoms with Crippen LogP contribution in [-0.4, -0.2) is 33.2 Å². The molecule has 6 nitrogen and oxygen atoms in total. The number of amides is 1. The van der Waals surface area contributed by atoms with E-state index in [1.807, 2.05) is 0 Å². The smallest absolute Gasteiger partial charge is 0.350 e. The highest BCUT2D eigenvalue weighted by molar-refractivity contribution is 7.12. The van der Waals surface area contributed by atoms with Gasteiger partial charge < -0.3 is 19.5 Å². The van der Waals surface area contributed by atoms with E-state index in [0.717, 1.165) is 5.56 Å². The van der Waals surface area contributed by atoms with E-state index in [1.165, 1.54) is 25.6 Å². The summed E-state index contributed by atoms with van der Waals surface area (Å²) in [5.74, 6) is 0.490. The van der Waals surface area contributed by atoms with E-state index < -0.39 is 5.97 Å². The first kappa shape index (κ1) is 16.8. The van der Waals surface area contributed by atoms with Crippen molar-refractivity contribution in [3.63, 3.8) is 0 Å². The Bertz CT molecular complexity index is 710. The van der Waals surface area contributed by atoms with Gasteiger partial charge >= 0.3 is 5.97 Å². The van der Waals surface area contributed by atoms with Crippen molar-refractivity contribution in [1.29, 1.82) is 0 Å². The highest BCUT2D eigenvalue weighted by atomic mass is 32.1. The summed E-state index contributed by atoms with van der Waals surface area (Å²) in [6.45, 7) is 0. The number of methoxy groups -OCH3 is 3. The zero-order chi connectivity index (χ0) is 16.8. The molecule has 122 valence electrons. The lowest BCUT2D eigenvalue weighted by Gasteiger charge is -2.10. The maximum absolute atomic E-state index is 12.2. The van der Waals surface area contributed by atoms with Crippen molar-refractivity contribution in [1.82, 2.24) is 0 Å². The van der Waals surface area contributed by atoms with Crippen LogP contribution in [0, 0.1) is 0 Å². The van der Waals surface area contributed by atoms with Crippen LogP contribution in [0.5, 0.6) is 11.5 Å². The molecule has 1 aromatic heterocycles. The quantitative estimate of drug-likeness (QED) is 0.822. The fraction of sp³-hybridized carbons (Fsp3) is 0.250. The molecule has 0 aliphatic carbocycles. The number of ether oxygens (including phenoxy) is 3. The molecule has 0 radical (unpaired) electrons. The minimum Gasteiger partial charge on any atom is -0.497 e. The van der Waals surface area contributed by atoms with Gasteiger partial charge in [-0.15, -0.1) is 11.3 Å². The van der Waals surface area contributed by atoms with E-state index in [1.54, 1.807) is 36.8 Å². The molecule has 0 bridgehead atoms. The fourth-order valence-electron chi connectivity index (χ4n) is 2.02. The molecule has 23 heavy (non-hydrogen) atoms. The molecule has 0 fully saturated rings. The first-order valence-electron chi connectivity index (χ1n) is 6.75. The lowest BCUT2D eigenvalue weighted by atomic mass is 10.1. The molecule has 0 spiro atoms. The Hall–Kier alpha value is -2.54. The third kappa shape index (κ3) is 4.01. The minimum absolute atomic E-state index is 0.115. The van der Waals surface area contributed by atoms with Gasteiger partial charge in [0.1, 0.15) is 16.4 Å². The Morgan fingerprint density at radius 1 is 1.13 bits per heavy atom. The van der Waals surface area contributed by atoms with Crippen LogP contribution in [0.15, 0.2) is 29.6 Å². The molecule has 0 atom stereocenters. The first-order valence-corrected chi connectivity index (χ1v) is 7.63. The Kier molecular flexibility index (Phi) is 5.59. The van der Waals surface area contributed by atoms with Crippen molar-refractivity contribution in [2.45, 2.75) is 6.42 Å². The van der Waals surface area contributed by atoms with Crippen LogP contribution in [0.25, 0.3) is 0 Å². The molecule has 0 aliphatic rings. The Morgan fingerprint density at radius 3 is 2.57 bits per heavy atom. The molecular weight excluding hydrogens is 318 g/mol. The molecule has 0 saturated heterocycles. The van der Waals surface area contributed by atoms with Crippen LogP contribution in [0.3, 0.4) is 0 Å². The number of carbonyl (C=O) groups is 2. The lowest BCUT2D eigenvalue weighted by Crippen LogP contribution is -2.16. The summed E-state index contributed by atoms with van der Waals surface area (Å²) in [5, 5.41) is 4.44. The molecule has 1 amide bonds. The third-order valence-corrected chi connectivity index (χ3v) is 4.05. The number of carbonyl (C=O) groups excluding carboxylic acids is 2. The first-order chi connectivity index (χ1) is 11.1. The normalized spacial score (nSPS) is 10.0. The predicted octanol–water partition coefficient (Wildman–Crippen LogP) is 2.73. The number of esters is 1. The fourth-order valence-corrected chi connectivity index (χ4v) is 2.79. The van der Waals surface area contributed by atoms with E-state index in [9.17, 15) is 9.59 Å². The molecule has 0 saturated carbocycles. The van der Waals surface area contributed by atoms with Gasteiger partial charge in [-0.1, -0.05) is 6.07 Å². The van der Waals surface area contributed by atoms with E-state index in [2.05, 4.69) is 10.1 Å². The topological polar surface area (TPSA) is 73.9 Å². The van der Waals surface area contributed by atoms with Crippen molar-refractivity contribution >= 4 is 28.9 Å². The summed E-state index contributed by atoms with van der Waals surface area (Å²) in [6.07, 6.45) is 0.115.